The van der Waals surface area contributed by atoms with Crippen LogP contribution in [-0.2, 0) is 9.59 Å². The molecule has 1 amide bonds. The normalized spacial score (nSPS) is 22.5. The Labute approximate surface area is 124 Å². The minimum Gasteiger partial charge on any atom is -0.319 e. The highest BCUT2D eigenvalue weighted by Crippen LogP contribution is 2.37. The number of benzene rings is 1. The van der Waals surface area contributed by atoms with Crippen molar-refractivity contribution in [3.63, 3.8) is 0 Å². The summed E-state index contributed by atoms with van der Waals surface area (Å²) in [5, 5.41) is 2.97. The Morgan fingerprint density at radius 2 is 1.76 bits per heavy atom. The maximum atomic E-state index is 12.9. The number of hydrogen-bond donors (Lipinski definition) is 1. The molecule has 0 radical (unpaired) electrons. The number of rotatable bonds is 3. The van der Waals surface area contributed by atoms with Crippen molar-refractivity contribution < 1.29 is 14.4 Å². The van der Waals surface area contributed by atoms with Gasteiger partial charge < -0.3 is 4.90 Å². The van der Waals surface area contributed by atoms with Gasteiger partial charge in [-0.1, -0.05) is 51.1 Å². The number of amides is 1. The lowest BCUT2D eigenvalue weighted by molar-refractivity contribution is -0.142. The first-order chi connectivity index (χ1) is 9.72. The summed E-state index contributed by atoms with van der Waals surface area (Å²) in [6.45, 7) is 5.57. The third-order valence-electron chi connectivity index (χ3n) is 4.03. The largest absolute Gasteiger partial charge is 0.319 e. The van der Waals surface area contributed by atoms with E-state index in [4.69, 9.17) is 0 Å². The SMILES string of the molecule is CN1C(=O)CN[C@@]1(C(=O)C(=O)c1ccccc1)C(C)(C)C. The first-order valence-corrected chi connectivity index (χ1v) is 6.87. The van der Waals surface area contributed by atoms with Crippen LogP contribution in [0.15, 0.2) is 30.3 Å². The molecule has 1 saturated heterocycles. The first kappa shape index (κ1) is 15.4. The zero-order chi connectivity index (χ0) is 15.8. The van der Waals surface area contributed by atoms with Crippen LogP contribution in [0.5, 0.6) is 0 Å². The second kappa shape index (κ2) is 5.07. The van der Waals surface area contributed by atoms with Crippen LogP contribution in [-0.4, -0.2) is 41.6 Å². The van der Waals surface area contributed by atoms with Gasteiger partial charge in [0.25, 0.3) is 0 Å². The molecule has 1 fully saturated rings. The molecule has 1 aromatic carbocycles. The summed E-state index contributed by atoms with van der Waals surface area (Å²) in [6.07, 6.45) is 0. The smallest absolute Gasteiger partial charge is 0.244 e. The molecule has 1 aromatic rings. The van der Waals surface area contributed by atoms with E-state index < -0.39 is 22.6 Å². The second-order valence-corrected chi connectivity index (χ2v) is 6.29. The van der Waals surface area contributed by atoms with Crippen LogP contribution in [0.25, 0.3) is 0 Å². The number of nitrogens with zero attached hydrogens (tertiary/aromatic N) is 1. The molecule has 0 unspecified atom stereocenters. The fourth-order valence-corrected chi connectivity index (χ4v) is 2.85. The summed E-state index contributed by atoms with van der Waals surface area (Å²) in [6, 6.07) is 8.41. The predicted octanol–water partition coefficient (Wildman–Crippen LogP) is 1.24. The van der Waals surface area contributed by atoms with Gasteiger partial charge in [0.05, 0.1) is 6.54 Å². The highest BCUT2D eigenvalue weighted by atomic mass is 16.2. The topological polar surface area (TPSA) is 66.5 Å². The lowest BCUT2D eigenvalue weighted by atomic mass is 9.75. The van der Waals surface area contributed by atoms with Crippen molar-refractivity contribution in [2.45, 2.75) is 26.4 Å². The summed E-state index contributed by atoms with van der Waals surface area (Å²) in [7, 11) is 1.56. The fraction of sp³-hybridized carbons (Fsp3) is 0.438. The van der Waals surface area contributed by atoms with Crippen LogP contribution in [0, 0.1) is 5.41 Å². The number of likely N-dealkylation sites (N-methyl/N-ethyl adjacent to an activating group) is 1. The van der Waals surface area contributed by atoms with Gasteiger partial charge in [-0.25, -0.2) is 0 Å². The van der Waals surface area contributed by atoms with Gasteiger partial charge in [0.15, 0.2) is 5.66 Å². The average molecular weight is 288 g/mol. The van der Waals surface area contributed by atoms with Crippen molar-refractivity contribution in [3.05, 3.63) is 35.9 Å². The Morgan fingerprint density at radius 3 is 2.19 bits per heavy atom. The third-order valence-corrected chi connectivity index (χ3v) is 4.03. The molecule has 0 saturated carbocycles. The summed E-state index contributed by atoms with van der Waals surface area (Å²) >= 11 is 0. The molecule has 0 aliphatic carbocycles. The molecule has 2 rings (SSSR count). The second-order valence-electron chi connectivity index (χ2n) is 6.29. The molecule has 1 N–H and O–H groups in total. The highest BCUT2D eigenvalue weighted by Gasteiger charge is 2.58. The molecule has 0 aromatic heterocycles. The summed E-state index contributed by atoms with van der Waals surface area (Å²) in [4.78, 5) is 38.6. The summed E-state index contributed by atoms with van der Waals surface area (Å²) < 4.78 is 0. The Hall–Kier alpha value is -2.01. The predicted molar refractivity (Wildman–Crippen MR) is 78.7 cm³/mol. The maximum Gasteiger partial charge on any atom is 0.244 e. The van der Waals surface area contributed by atoms with E-state index in [0.717, 1.165) is 0 Å². The van der Waals surface area contributed by atoms with Crippen molar-refractivity contribution in [2.24, 2.45) is 5.41 Å². The Kier molecular flexibility index (Phi) is 3.72. The molecule has 0 bridgehead atoms. The number of carbonyl (C=O) groups is 3. The maximum absolute atomic E-state index is 12.9. The molecular formula is C16H20N2O3. The van der Waals surface area contributed by atoms with Gasteiger partial charge in [0.2, 0.25) is 17.5 Å². The van der Waals surface area contributed by atoms with E-state index in [-0.39, 0.29) is 12.5 Å². The van der Waals surface area contributed by atoms with Crippen LogP contribution in [0.4, 0.5) is 0 Å². The number of ketones is 2. The van der Waals surface area contributed by atoms with Gasteiger partial charge in [0.1, 0.15) is 0 Å². The van der Waals surface area contributed by atoms with Crippen LogP contribution >= 0.6 is 0 Å². The Bertz CT molecular complexity index is 589. The van der Waals surface area contributed by atoms with E-state index in [1.807, 2.05) is 20.8 Å². The highest BCUT2D eigenvalue weighted by molar-refractivity contribution is 6.47. The van der Waals surface area contributed by atoms with E-state index >= 15 is 0 Å². The number of hydrogen-bond acceptors (Lipinski definition) is 4. The number of nitrogens with one attached hydrogen (secondary N) is 1. The van der Waals surface area contributed by atoms with E-state index in [1.54, 1.807) is 37.4 Å². The third kappa shape index (κ3) is 2.27. The average Bonchev–Trinajstić information content (AvgIpc) is 2.75. The molecule has 1 aliphatic rings. The molecule has 5 nitrogen and oxygen atoms in total. The minimum absolute atomic E-state index is 0.0571. The van der Waals surface area contributed by atoms with Crippen LogP contribution in [0.3, 0.4) is 0 Å². The Balaban J connectivity index is 2.47. The molecule has 21 heavy (non-hydrogen) atoms. The van der Waals surface area contributed by atoms with Crippen molar-refractivity contribution >= 4 is 17.5 Å². The Morgan fingerprint density at radius 1 is 1.19 bits per heavy atom. The molecule has 5 heteroatoms. The minimum atomic E-state index is -1.31. The van der Waals surface area contributed by atoms with Crippen LogP contribution < -0.4 is 5.32 Å². The molecule has 112 valence electrons. The van der Waals surface area contributed by atoms with Crippen molar-refractivity contribution in [3.8, 4) is 0 Å². The van der Waals surface area contributed by atoms with Gasteiger partial charge in [0, 0.05) is 18.0 Å². The van der Waals surface area contributed by atoms with Gasteiger partial charge >= 0.3 is 0 Å². The van der Waals surface area contributed by atoms with Crippen molar-refractivity contribution in [1.82, 2.24) is 10.2 Å². The zero-order valence-electron chi connectivity index (χ0n) is 12.8. The molecule has 0 spiro atoms. The zero-order valence-corrected chi connectivity index (χ0v) is 12.8. The standard InChI is InChI=1S/C16H20N2O3/c1-15(2,3)16(17-10-12(19)18(16)4)14(21)13(20)11-8-6-5-7-9-11/h5-9,17H,10H2,1-4H3/t16-/m1/s1. The van der Waals surface area contributed by atoms with Gasteiger partial charge in [-0.3, -0.25) is 19.7 Å². The van der Waals surface area contributed by atoms with Crippen molar-refractivity contribution in [2.75, 3.05) is 13.6 Å². The van der Waals surface area contributed by atoms with E-state index in [9.17, 15) is 14.4 Å². The van der Waals surface area contributed by atoms with Crippen molar-refractivity contribution in [1.29, 1.82) is 0 Å². The molecule has 1 aliphatic heterocycles. The van der Waals surface area contributed by atoms with Gasteiger partial charge in [-0.2, -0.15) is 0 Å². The fourth-order valence-electron chi connectivity index (χ4n) is 2.85. The van der Waals surface area contributed by atoms with Gasteiger partial charge in [-0.15, -0.1) is 0 Å². The van der Waals surface area contributed by atoms with Gasteiger partial charge in [-0.05, 0) is 0 Å². The molecular weight excluding hydrogens is 268 g/mol. The lowest BCUT2D eigenvalue weighted by Crippen LogP contribution is -2.66. The molecule has 1 atom stereocenters. The summed E-state index contributed by atoms with van der Waals surface area (Å²) in [5.74, 6) is -1.38. The van der Waals surface area contributed by atoms with Crippen LogP contribution in [0.1, 0.15) is 31.1 Å². The van der Waals surface area contributed by atoms with E-state index in [2.05, 4.69) is 5.32 Å². The quantitative estimate of drug-likeness (QED) is 0.671. The van der Waals surface area contributed by atoms with E-state index in [1.165, 1.54) is 4.90 Å². The number of carbonyl (C=O) groups excluding carboxylic acids is 3. The molecule has 1 heterocycles. The lowest BCUT2D eigenvalue weighted by Gasteiger charge is -2.44. The van der Waals surface area contributed by atoms with Crippen LogP contribution in [0.2, 0.25) is 0 Å². The summed E-state index contributed by atoms with van der Waals surface area (Å²) in [5.41, 5.74) is -1.59. The first-order valence-electron chi connectivity index (χ1n) is 6.87. The monoisotopic (exact) mass is 288 g/mol. The van der Waals surface area contributed by atoms with E-state index in [0.29, 0.717) is 5.56 Å². The number of Topliss-reactive ketones (excluding diaryl/α,β-unsaturated/α-hetero) is 2.